The molecular weight excluding hydrogens is 428 g/mol. The second-order valence-corrected chi connectivity index (χ2v) is 8.04. The van der Waals surface area contributed by atoms with Crippen molar-refractivity contribution in [3.05, 3.63) is 54.4 Å². The average Bonchev–Trinajstić information content (AvgIpc) is 3.46. The molecule has 2 amide bonds. The lowest BCUT2D eigenvalue weighted by Crippen LogP contribution is -2.60. The minimum atomic E-state index is -0.968. The molecule has 0 spiro atoms. The molecule has 3 N–H and O–H groups in total. The summed E-state index contributed by atoms with van der Waals surface area (Å²) in [6, 6.07) is 11.5. The van der Waals surface area contributed by atoms with Crippen LogP contribution in [0.4, 0.5) is 4.79 Å². The number of carbonyl (C=O) groups excluding carboxylic acids is 1. The summed E-state index contributed by atoms with van der Waals surface area (Å²) < 4.78 is 24.4. The number of fused-ring (bicyclic) bond motifs is 3. The molecule has 0 saturated carbocycles. The molecule has 3 aromatic rings. The van der Waals surface area contributed by atoms with Gasteiger partial charge in [-0.25, -0.2) is 9.78 Å². The van der Waals surface area contributed by atoms with Crippen LogP contribution < -0.4 is 20.1 Å². The van der Waals surface area contributed by atoms with Crippen molar-refractivity contribution in [2.75, 3.05) is 20.8 Å². The van der Waals surface area contributed by atoms with Crippen molar-refractivity contribution >= 4 is 17.1 Å². The third-order valence-electron chi connectivity index (χ3n) is 6.13. The highest BCUT2D eigenvalue weighted by Gasteiger charge is 2.51. The van der Waals surface area contributed by atoms with Gasteiger partial charge in [-0.15, -0.1) is 0 Å². The zero-order chi connectivity index (χ0) is 22.9. The van der Waals surface area contributed by atoms with Gasteiger partial charge in [0.1, 0.15) is 18.2 Å². The minimum Gasteiger partial charge on any atom is -0.493 e. The van der Waals surface area contributed by atoms with Gasteiger partial charge in [-0.05, 0) is 5.56 Å². The van der Waals surface area contributed by atoms with Gasteiger partial charge < -0.3 is 39.3 Å². The molecule has 174 valence electrons. The van der Waals surface area contributed by atoms with E-state index >= 15 is 0 Å². The van der Waals surface area contributed by atoms with Gasteiger partial charge in [-0.3, -0.25) is 0 Å². The molecule has 0 aliphatic carbocycles. The van der Waals surface area contributed by atoms with E-state index < -0.39 is 36.6 Å². The van der Waals surface area contributed by atoms with Crippen LogP contribution in [0.25, 0.3) is 11.0 Å². The summed E-state index contributed by atoms with van der Waals surface area (Å²) in [4.78, 5) is 17.0. The number of aliphatic hydroxyl groups is 1. The molecular formula is C23H26N4O6. The van der Waals surface area contributed by atoms with E-state index in [1.807, 2.05) is 30.3 Å². The highest BCUT2D eigenvalue weighted by Crippen LogP contribution is 2.39. The molecule has 3 heterocycles. The molecule has 10 nitrogen and oxygen atoms in total. The van der Waals surface area contributed by atoms with E-state index in [2.05, 4.69) is 15.6 Å². The van der Waals surface area contributed by atoms with Gasteiger partial charge in [-0.1, -0.05) is 30.3 Å². The van der Waals surface area contributed by atoms with E-state index in [4.69, 9.17) is 18.9 Å². The molecule has 0 radical (unpaired) electrons. The Balaban J connectivity index is 1.37. The number of rotatable bonds is 6. The lowest BCUT2D eigenvalue weighted by Gasteiger charge is -2.39. The number of carbonyl (C=O) groups is 1. The maximum Gasteiger partial charge on any atom is 0.315 e. The molecule has 0 unspecified atom stereocenters. The van der Waals surface area contributed by atoms with Crippen molar-refractivity contribution in [2.45, 2.75) is 37.1 Å². The fourth-order valence-corrected chi connectivity index (χ4v) is 4.45. The number of aliphatic hydroxyl groups excluding tert-OH is 1. The van der Waals surface area contributed by atoms with E-state index in [0.717, 1.165) is 11.1 Å². The summed E-state index contributed by atoms with van der Waals surface area (Å²) in [6.07, 6.45) is -0.465. The van der Waals surface area contributed by atoms with Gasteiger partial charge in [-0.2, -0.15) is 0 Å². The van der Waals surface area contributed by atoms with E-state index in [9.17, 15) is 9.90 Å². The van der Waals surface area contributed by atoms with Crippen LogP contribution >= 0.6 is 0 Å². The molecule has 2 aliphatic rings. The number of hydrogen-bond acceptors (Lipinski definition) is 7. The lowest BCUT2D eigenvalue weighted by molar-refractivity contribution is -0.162. The van der Waals surface area contributed by atoms with Gasteiger partial charge >= 0.3 is 6.03 Å². The van der Waals surface area contributed by atoms with Crippen LogP contribution in [0.1, 0.15) is 11.6 Å². The molecule has 33 heavy (non-hydrogen) atoms. The van der Waals surface area contributed by atoms with Crippen LogP contribution in [-0.2, 0) is 16.0 Å². The van der Waals surface area contributed by atoms with E-state index in [1.165, 1.54) is 0 Å². The second kappa shape index (κ2) is 8.89. The van der Waals surface area contributed by atoms with Gasteiger partial charge in [0.05, 0.1) is 44.2 Å². The molecule has 2 bridgehead atoms. The first-order valence-corrected chi connectivity index (χ1v) is 10.7. The predicted molar refractivity (Wildman–Crippen MR) is 118 cm³/mol. The zero-order valence-electron chi connectivity index (χ0n) is 18.3. The van der Waals surface area contributed by atoms with E-state index in [0.29, 0.717) is 23.6 Å². The number of imidazole rings is 1. The van der Waals surface area contributed by atoms with Crippen molar-refractivity contribution in [2.24, 2.45) is 0 Å². The number of benzene rings is 2. The van der Waals surface area contributed by atoms with Crippen LogP contribution in [0, 0.1) is 0 Å². The zero-order valence-corrected chi connectivity index (χ0v) is 18.3. The number of methoxy groups -OCH3 is 2. The highest BCUT2D eigenvalue weighted by molar-refractivity contribution is 5.80. The molecule has 2 aromatic carbocycles. The molecule has 2 saturated heterocycles. The summed E-state index contributed by atoms with van der Waals surface area (Å²) >= 11 is 0. The fourth-order valence-electron chi connectivity index (χ4n) is 4.45. The summed E-state index contributed by atoms with van der Waals surface area (Å²) in [6.45, 7) is 0.642. The smallest absolute Gasteiger partial charge is 0.315 e. The Morgan fingerprint density at radius 2 is 1.97 bits per heavy atom. The van der Waals surface area contributed by atoms with Crippen molar-refractivity contribution in [3.8, 4) is 11.5 Å². The fraction of sp³-hybridized carbons (Fsp3) is 0.391. The Hall–Kier alpha value is -3.34. The number of nitrogens with one attached hydrogen (secondary N) is 2. The third-order valence-corrected chi connectivity index (χ3v) is 6.13. The maximum absolute atomic E-state index is 12.6. The highest BCUT2D eigenvalue weighted by atomic mass is 16.7. The van der Waals surface area contributed by atoms with Gasteiger partial charge in [0.25, 0.3) is 0 Å². The quantitative estimate of drug-likeness (QED) is 0.518. The summed E-state index contributed by atoms with van der Waals surface area (Å²) in [5.41, 5.74) is 2.37. The monoisotopic (exact) mass is 454 g/mol. The number of aromatic nitrogens is 2. The van der Waals surface area contributed by atoms with Crippen molar-refractivity contribution in [1.29, 1.82) is 0 Å². The van der Waals surface area contributed by atoms with Crippen LogP contribution in [0.3, 0.4) is 0 Å². The van der Waals surface area contributed by atoms with Gasteiger partial charge in [0.15, 0.2) is 17.8 Å². The number of amides is 2. The lowest BCUT2D eigenvalue weighted by atomic mass is 9.95. The van der Waals surface area contributed by atoms with Gasteiger partial charge in [0, 0.05) is 18.7 Å². The molecule has 2 aliphatic heterocycles. The molecule has 2 fully saturated rings. The first kappa shape index (κ1) is 21.5. The Morgan fingerprint density at radius 1 is 1.21 bits per heavy atom. The van der Waals surface area contributed by atoms with E-state index in [-0.39, 0.29) is 6.61 Å². The summed E-state index contributed by atoms with van der Waals surface area (Å²) in [5, 5.41) is 17.0. The molecule has 5 rings (SSSR count). The Kier molecular flexibility index (Phi) is 5.79. The van der Waals surface area contributed by atoms with Crippen LogP contribution in [-0.4, -0.2) is 66.1 Å². The third kappa shape index (κ3) is 3.97. The van der Waals surface area contributed by atoms with Crippen molar-refractivity contribution in [3.63, 3.8) is 0 Å². The van der Waals surface area contributed by atoms with Crippen LogP contribution in [0.15, 0.2) is 48.8 Å². The molecule has 1 aromatic heterocycles. The van der Waals surface area contributed by atoms with E-state index in [1.54, 1.807) is 37.2 Å². The first-order chi connectivity index (χ1) is 16.1. The number of nitrogens with zero attached hydrogens (tertiary/aromatic N) is 2. The normalized spacial score (nSPS) is 26.2. The Labute approximate surface area is 190 Å². The standard InChI is InChI=1S/C23H26N4O6/c1-30-16-8-14-15(9-17(16)31-2)27(12-25-14)20-21(28)19(18-11-32-22(20)33-18)26-23(29)24-10-13-6-4-3-5-7-13/h3-9,12,18-22,28H,10-11H2,1-2H3,(H2,24,26,29)/t18-,19-,20-,21+,22-/m1/s1. The number of ether oxygens (including phenoxy) is 4. The minimum absolute atomic E-state index is 0.269. The van der Waals surface area contributed by atoms with Gasteiger partial charge in [0.2, 0.25) is 0 Å². The molecule has 5 atom stereocenters. The van der Waals surface area contributed by atoms with Crippen LogP contribution in [0.2, 0.25) is 0 Å². The van der Waals surface area contributed by atoms with Crippen LogP contribution in [0.5, 0.6) is 11.5 Å². The predicted octanol–water partition coefficient (Wildman–Crippen LogP) is 1.58. The Morgan fingerprint density at radius 3 is 2.73 bits per heavy atom. The van der Waals surface area contributed by atoms with Crippen molar-refractivity contribution in [1.82, 2.24) is 20.2 Å². The number of urea groups is 1. The maximum atomic E-state index is 12.6. The van der Waals surface area contributed by atoms with Crippen molar-refractivity contribution < 1.29 is 28.8 Å². The topological polar surface area (TPSA) is 116 Å². The second-order valence-electron chi connectivity index (χ2n) is 8.04. The number of hydrogen-bond donors (Lipinski definition) is 3. The average molecular weight is 454 g/mol. The summed E-state index contributed by atoms with van der Waals surface area (Å²) in [7, 11) is 3.12. The molecule has 10 heteroatoms. The first-order valence-electron chi connectivity index (χ1n) is 10.7. The largest absolute Gasteiger partial charge is 0.493 e. The Bertz CT molecular complexity index is 1140. The SMILES string of the molecule is COc1cc2ncn([C@H]3[C@@H]4OC[C@@H](O4)[C@@H](NC(=O)NCc4ccccc4)[C@@H]3O)c2cc1OC. The summed E-state index contributed by atoms with van der Waals surface area (Å²) in [5.74, 6) is 1.10.